The summed E-state index contributed by atoms with van der Waals surface area (Å²) in [4.78, 5) is 12.8. The van der Waals surface area contributed by atoms with E-state index >= 15 is 0 Å². The molecular formula is C21H19ClN2O6S. The van der Waals surface area contributed by atoms with Gasteiger partial charge in [-0.2, -0.15) is 0 Å². The molecule has 0 aromatic heterocycles. The van der Waals surface area contributed by atoms with Gasteiger partial charge in [-0.15, -0.1) is 0 Å². The number of carbonyl (C=O) groups is 1. The van der Waals surface area contributed by atoms with Gasteiger partial charge in [0.05, 0.1) is 24.7 Å². The minimum atomic E-state index is -3.91. The molecule has 162 valence electrons. The molecule has 3 aromatic carbocycles. The van der Waals surface area contributed by atoms with E-state index in [2.05, 4.69) is 5.32 Å². The maximum atomic E-state index is 12.9. The number of primary sulfonamides is 1. The number of carbonyl (C=O) groups excluding carboxylic acids is 1. The molecule has 3 rings (SSSR count). The second-order valence-electron chi connectivity index (χ2n) is 6.29. The highest BCUT2D eigenvalue weighted by atomic mass is 35.5. The van der Waals surface area contributed by atoms with Gasteiger partial charge in [0, 0.05) is 22.8 Å². The number of hydrogen-bond acceptors (Lipinski definition) is 6. The van der Waals surface area contributed by atoms with Crippen LogP contribution in [-0.4, -0.2) is 28.5 Å². The Morgan fingerprint density at radius 3 is 2.39 bits per heavy atom. The Morgan fingerprint density at radius 2 is 1.71 bits per heavy atom. The van der Waals surface area contributed by atoms with Crippen LogP contribution in [0.1, 0.15) is 10.4 Å². The molecule has 0 aliphatic rings. The molecule has 0 heterocycles. The fourth-order valence-corrected chi connectivity index (χ4v) is 3.42. The van der Waals surface area contributed by atoms with E-state index in [0.717, 1.165) is 0 Å². The molecule has 0 spiro atoms. The van der Waals surface area contributed by atoms with Crippen molar-refractivity contribution in [2.75, 3.05) is 19.5 Å². The number of sulfonamides is 1. The first-order valence-corrected chi connectivity index (χ1v) is 10.8. The predicted molar refractivity (Wildman–Crippen MR) is 117 cm³/mol. The van der Waals surface area contributed by atoms with Crippen LogP contribution in [0.25, 0.3) is 0 Å². The largest absolute Gasteiger partial charge is 0.497 e. The van der Waals surface area contributed by atoms with Crippen LogP contribution in [0, 0.1) is 0 Å². The van der Waals surface area contributed by atoms with E-state index in [1.165, 1.54) is 56.7 Å². The average Bonchev–Trinajstić information content (AvgIpc) is 2.73. The van der Waals surface area contributed by atoms with Crippen molar-refractivity contribution >= 4 is 33.2 Å². The van der Waals surface area contributed by atoms with Crippen molar-refractivity contribution in [3.63, 3.8) is 0 Å². The Labute approximate surface area is 184 Å². The molecule has 1 amide bonds. The van der Waals surface area contributed by atoms with E-state index in [0.29, 0.717) is 22.3 Å². The Balaban J connectivity index is 1.92. The van der Waals surface area contributed by atoms with E-state index in [4.69, 9.17) is 31.0 Å². The Morgan fingerprint density at radius 1 is 0.935 bits per heavy atom. The van der Waals surface area contributed by atoms with Crippen molar-refractivity contribution in [2.24, 2.45) is 5.14 Å². The van der Waals surface area contributed by atoms with Gasteiger partial charge in [-0.1, -0.05) is 17.7 Å². The molecule has 31 heavy (non-hydrogen) atoms. The number of ether oxygens (including phenoxy) is 3. The minimum Gasteiger partial charge on any atom is -0.497 e. The molecule has 0 unspecified atom stereocenters. The van der Waals surface area contributed by atoms with Gasteiger partial charge in [-0.05, 0) is 42.5 Å². The van der Waals surface area contributed by atoms with Crippen LogP contribution >= 0.6 is 11.6 Å². The summed E-state index contributed by atoms with van der Waals surface area (Å²) in [7, 11) is -0.906. The van der Waals surface area contributed by atoms with Gasteiger partial charge in [0.1, 0.15) is 11.5 Å². The van der Waals surface area contributed by atoms with Gasteiger partial charge in [-0.25, -0.2) is 13.6 Å². The predicted octanol–water partition coefficient (Wildman–Crippen LogP) is 4.05. The molecule has 0 atom stereocenters. The lowest BCUT2D eigenvalue weighted by molar-refractivity contribution is 0.102. The number of nitrogens with one attached hydrogen (secondary N) is 1. The third kappa shape index (κ3) is 5.46. The van der Waals surface area contributed by atoms with Crippen LogP contribution in [0.2, 0.25) is 5.02 Å². The second kappa shape index (κ2) is 9.25. The van der Waals surface area contributed by atoms with Gasteiger partial charge >= 0.3 is 0 Å². The lowest BCUT2D eigenvalue weighted by Gasteiger charge is -2.15. The highest BCUT2D eigenvalue weighted by Gasteiger charge is 2.17. The summed E-state index contributed by atoms with van der Waals surface area (Å²) in [5, 5.41) is 8.13. The molecule has 3 N–H and O–H groups in total. The molecule has 0 bridgehead atoms. The third-order valence-corrected chi connectivity index (χ3v) is 5.35. The molecule has 0 radical (unpaired) electrons. The number of rotatable bonds is 7. The molecule has 8 nitrogen and oxygen atoms in total. The number of anilines is 1. The quantitative estimate of drug-likeness (QED) is 0.547. The zero-order valence-electron chi connectivity index (χ0n) is 16.6. The van der Waals surface area contributed by atoms with Crippen molar-refractivity contribution in [3.8, 4) is 23.0 Å². The van der Waals surface area contributed by atoms with Gasteiger partial charge in [0.25, 0.3) is 5.91 Å². The Hall–Kier alpha value is -3.27. The number of amides is 1. The molecule has 0 saturated carbocycles. The fraction of sp³-hybridized carbons (Fsp3) is 0.0952. The van der Waals surface area contributed by atoms with Gasteiger partial charge in [-0.3, -0.25) is 4.79 Å². The highest BCUT2D eigenvalue weighted by Crippen LogP contribution is 2.37. The molecule has 0 aliphatic carbocycles. The Bertz CT molecular complexity index is 1230. The van der Waals surface area contributed by atoms with Crippen molar-refractivity contribution in [1.82, 2.24) is 0 Å². The van der Waals surface area contributed by atoms with E-state index in [1.54, 1.807) is 18.2 Å². The summed E-state index contributed by atoms with van der Waals surface area (Å²) in [6.07, 6.45) is 0. The van der Waals surface area contributed by atoms with Gasteiger partial charge in [0.2, 0.25) is 10.0 Å². The first-order chi connectivity index (χ1) is 14.7. The van der Waals surface area contributed by atoms with Gasteiger partial charge < -0.3 is 19.5 Å². The zero-order chi connectivity index (χ0) is 22.6. The number of hydrogen-bond donors (Lipinski definition) is 2. The standard InChI is InChI=1S/C21H19ClN2O6S/c1-28-15-7-9-18(20(12-15)29-2)30-19-10-13(22)6-8-17(19)21(25)24-14-4-3-5-16(11-14)31(23,26)27/h3-12H,1-2H3,(H,24,25)(H2,23,26,27). The second-order valence-corrected chi connectivity index (χ2v) is 8.28. The van der Waals surface area contributed by atoms with E-state index < -0.39 is 15.9 Å². The van der Waals surface area contributed by atoms with E-state index in [9.17, 15) is 13.2 Å². The van der Waals surface area contributed by atoms with Crippen LogP contribution in [0.3, 0.4) is 0 Å². The van der Waals surface area contributed by atoms with E-state index in [1.807, 2.05) is 0 Å². The van der Waals surface area contributed by atoms with Crippen LogP contribution in [0.4, 0.5) is 5.69 Å². The molecule has 10 heteroatoms. The van der Waals surface area contributed by atoms with Gasteiger partial charge in [0.15, 0.2) is 11.5 Å². The maximum Gasteiger partial charge on any atom is 0.259 e. The van der Waals surface area contributed by atoms with Crippen molar-refractivity contribution < 1.29 is 27.4 Å². The lowest BCUT2D eigenvalue weighted by atomic mass is 10.1. The molecule has 0 aliphatic heterocycles. The zero-order valence-corrected chi connectivity index (χ0v) is 18.2. The van der Waals surface area contributed by atoms with Crippen LogP contribution in [0.15, 0.2) is 65.6 Å². The molecule has 0 saturated heterocycles. The van der Waals surface area contributed by atoms with Crippen LogP contribution in [0.5, 0.6) is 23.0 Å². The van der Waals surface area contributed by atoms with Crippen molar-refractivity contribution in [1.29, 1.82) is 0 Å². The molecule has 3 aromatic rings. The van der Waals surface area contributed by atoms with Crippen LogP contribution < -0.4 is 24.7 Å². The lowest BCUT2D eigenvalue weighted by Crippen LogP contribution is -2.15. The van der Waals surface area contributed by atoms with Crippen LogP contribution in [-0.2, 0) is 10.0 Å². The summed E-state index contributed by atoms with van der Waals surface area (Å²) in [5.74, 6) is 0.951. The summed E-state index contributed by atoms with van der Waals surface area (Å²) in [6, 6.07) is 15.1. The number of halogens is 1. The Kier molecular flexibility index (Phi) is 6.69. The SMILES string of the molecule is COc1ccc(Oc2cc(Cl)ccc2C(=O)Nc2cccc(S(N)(=O)=O)c2)c(OC)c1. The first-order valence-electron chi connectivity index (χ1n) is 8.85. The summed E-state index contributed by atoms with van der Waals surface area (Å²) >= 11 is 6.10. The summed E-state index contributed by atoms with van der Waals surface area (Å²) < 4.78 is 39.5. The first kappa shape index (κ1) is 22.4. The molecular weight excluding hydrogens is 444 g/mol. The topological polar surface area (TPSA) is 117 Å². The minimum absolute atomic E-state index is 0.124. The highest BCUT2D eigenvalue weighted by molar-refractivity contribution is 7.89. The maximum absolute atomic E-state index is 12.9. The van der Waals surface area contributed by atoms with Crippen molar-refractivity contribution in [3.05, 3.63) is 71.2 Å². The summed E-state index contributed by atoms with van der Waals surface area (Å²) in [6.45, 7) is 0. The summed E-state index contributed by atoms with van der Waals surface area (Å²) in [5.41, 5.74) is 0.419. The monoisotopic (exact) mass is 462 g/mol. The number of benzene rings is 3. The fourth-order valence-electron chi connectivity index (χ4n) is 2.70. The number of nitrogens with two attached hydrogens (primary N) is 1. The van der Waals surface area contributed by atoms with Crippen molar-refractivity contribution in [2.45, 2.75) is 4.90 Å². The van der Waals surface area contributed by atoms with E-state index in [-0.39, 0.29) is 21.9 Å². The normalized spacial score (nSPS) is 11.0. The number of methoxy groups -OCH3 is 2. The smallest absolute Gasteiger partial charge is 0.259 e. The third-order valence-electron chi connectivity index (χ3n) is 4.20. The molecule has 0 fully saturated rings. The average molecular weight is 463 g/mol.